The fourth-order valence-corrected chi connectivity index (χ4v) is 3.69. The first-order valence-corrected chi connectivity index (χ1v) is 10.0. The van der Waals surface area contributed by atoms with Gasteiger partial charge in [-0.2, -0.15) is 5.10 Å². The van der Waals surface area contributed by atoms with E-state index >= 15 is 0 Å². The molecule has 0 amide bonds. The third kappa shape index (κ3) is 3.11. The van der Waals surface area contributed by atoms with Crippen molar-refractivity contribution < 1.29 is 4.74 Å². The number of ether oxygens (including phenoxy) is 1. The molecule has 0 unspecified atom stereocenters. The Morgan fingerprint density at radius 3 is 2.44 bits per heavy atom. The predicted molar refractivity (Wildman–Crippen MR) is 122 cm³/mol. The summed E-state index contributed by atoms with van der Waals surface area (Å²) in [6, 6.07) is 17.0. The lowest BCUT2D eigenvalue weighted by atomic mass is 10.3. The Kier molecular flexibility index (Phi) is 4.70. The molecule has 0 aliphatic heterocycles. The molecule has 0 saturated carbocycles. The molecule has 0 radical (unpaired) electrons. The first-order chi connectivity index (χ1) is 15.6. The quantitative estimate of drug-likeness (QED) is 0.462. The van der Waals surface area contributed by atoms with Crippen LogP contribution in [0.4, 0.5) is 11.5 Å². The van der Waals surface area contributed by atoms with Gasteiger partial charge in [0.2, 0.25) is 0 Å². The maximum atomic E-state index is 13.2. The van der Waals surface area contributed by atoms with Crippen molar-refractivity contribution in [3.8, 4) is 17.1 Å². The van der Waals surface area contributed by atoms with Gasteiger partial charge in [-0.1, -0.05) is 18.2 Å². The first kappa shape index (κ1) is 19.6. The molecule has 9 heteroatoms. The summed E-state index contributed by atoms with van der Waals surface area (Å²) in [5.41, 5.74) is 3.33. The summed E-state index contributed by atoms with van der Waals surface area (Å²) in [6.45, 7) is 1.89. The molecule has 0 atom stereocenters. The third-order valence-corrected chi connectivity index (χ3v) is 5.48. The molecule has 0 fully saturated rings. The summed E-state index contributed by atoms with van der Waals surface area (Å²) in [5, 5.41) is 8.41. The van der Waals surface area contributed by atoms with Gasteiger partial charge < -0.3 is 10.1 Å². The van der Waals surface area contributed by atoms with E-state index in [-0.39, 0.29) is 5.56 Å². The lowest BCUT2D eigenvalue weighted by molar-refractivity contribution is 0.414. The Morgan fingerprint density at radius 1 is 0.969 bits per heavy atom. The second-order valence-corrected chi connectivity index (χ2v) is 7.28. The van der Waals surface area contributed by atoms with Crippen LogP contribution in [0.1, 0.15) is 5.69 Å². The highest BCUT2D eigenvalue weighted by atomic mass is 16.5. The summed E-state index contributed by atoms with van der Waals surface area (Å²) in [6.07, 6.45) is 3.15. The minimum absolute atomic E-state index is 0.162. The molecule has 3 heterocycles. The fraction of sp³-hybridized carbons (Fsp3) is 0.130. The minimum atomic E-state index is -0.162. The van der Waals surface area contributed by atoms with E-state index in [1.165, 1.54) is 6.33 Å². The van der Waals surface area contributed by atoms with Crippen molar-refractivity contribution in [1.82, 2.24) is 29.1 Å². The number of rotatable bonds is 5. The van der Waals surface area contributed by atoms with Crippen molar-refractivity contribution in [2.75, 3.05) is 12.4 Å². The SMILES string of the molecule is COc1ccc(-n2ncc3c(Nc4c(C)n(C)n(-c5ccccc5)c4=O)ncnc32)cc1. The lowest BCUT2D eigenvalue weighted by Crippen LogP contribution is -2.20. The average Bonchev–Trinajstić information content (AvgIpc) is 3.35. The highest BCUT2D eigenvalue weighted by molar-refractivity contribution is 5.89. The van der Waals surface area contributed by atoms with Gasteiger partial charge in [-0.3, -0.25) is 9.48 Å². The minimum Gasteiger partial charge on any atom is -0.497 e. The molecule has 0 aliphatic rings. The van der Waals surface area contributed by atoms with Crippen molar-refractivity contribution in [2.24, 2.45) is 7.05 Å². The monoisotopic (exact) mass is 427 g/mol. The van der Waals surface area contributed by atoms with Gasteiger partial charge in [-0.25, -0.2) is 19.3 Å². The molecular weight excluding hydrogens is 406 g/mol. The maximum Gasteiger partial charge on any atom is 0.295 e. The van der Waals surface area contributed by atoms with Crippen LogP contribution in [-0.4, -0.2) is 36.2 Å². The smallest absolute Gasteiger partial charge is 0.295 e. The van der Waals surface area contributed by atoms with Crippen molar-refractivity contribution in [1.29, 1.82) is 0 Å². The number of hydrogen-bond donors (Lipinski definition) is 1. The zero-order chi connectivity index (χ0) is 22.2. The lowest BCUT2D eigenvalue weighted by Gasteiger charge is -2.07. The maximum absolute atomic E-state index is 13.2. The van der Waals surface area contributed by atoms with Gasteiger partial charge in [-0.15, -0.1) is 0 Å². The van der Waals surface area contributed by atoms with E-state index in [1.54, 1.807) is 22.7 Å². The Morgan fingerprint density at radius 2 is 1.72 bits per heavy atom. The number of nitrogens with one attached hydrogen (secondary N) is 1. The molecular formula is C23H21N7O2. The van der Waals surface area contributed by atoms with Gasteiger partial charge in [0, 0.05) is 7.05 Å². The van der Waals surface area contributed by atoms with Gasteiger partial charge in [-0.05, 0) is 43.3 Å². The summed E-state index contributed by atoms with van der Waals surface area (Å²) in [4.78, 5) is 22.0. The number of hydrogen-bond acceptors (Lipinski definition) is 6. The number of para-hydroxylation sites is 1. The molecule has 160 valence electrons. The Balaban J connectivity index is 1.57. The molecule has 0 bridgehead atoms. The number of benzene rings is 2. The highest BCUT2D eigenvalue weighted by Crippen LogP contribution is 2.26. The second-order valence-electron chi connectivity index (χ2n) is 7.28. The van der Waals surface area contributed by atoms with Crippen molar-refractivity contribution >= 4 is 22.5 Å². The van der Waals surface area contributed by atoms with Crippen LogP contribution in [0.2, 0.25) is 0 Å². The Bertz CT molecular complexity index is 1460. The van der Waals surface area contributed by atoms with Crippen LogP contribution in [0.5, 0.6) is 5.75 Å². The molecule has 0 spiro atoms. The molecule has 3 aromatic heterocycles. The Labute approximate surface area is 183 Å². The average molecular weight is 427 g/mol. The number of anilines is 2. The second kappa shape index (κ2) is 7.69. The molecule has 9 nitrogen and oxygen atoms in total. The van der Waals surface area contributed by atoms with Crippen molar-refractivity contribution in [3.63, 3.8) is 0 Å². The van der Waals surface area contributed by atoms with Crippen LogP contribution in [-0.2, 0) is 7.05 Å². The zero-order valence-electron chi connectivity index (χ0n) is 17.9. The fourth-order valence-electron chi connectivity index (χ4n) is 3.69. The van der Waals surface area contributed by atoms with Crippen molar-refractivity contribution in [2.45, 2.75) is 6.92 Å². The van der Waals surface area contributed by atoms with Crippen LogP contribution in [0.3, 0.4) is 0 Å². The molecule has 5 aromatic rings. The van der Waals surface area contributed by atoms with Crippen LogP contribution in [0.15, 0.2) is 71.9 Å². The van der Waals surface area contributed by atoms with E-state index in [0.717, 1.165) is 22.8 Å². The molecule has 0 saturated heterocycles. The van der Waals surface area contributed by atoms with E-state index in [0.29, 0.717) is 22.5 Å². The molecule has 1 N–H and O–H groups in total. The van der Waals surface area contributed by atoms with E-state index in [1.807, 2.05) is 73.3 Å². The molecule has 5 rings (SSSR count). The van der Waals surface area contributed by atoms with Crippen molar-refractivity contribution in [3.05, 3.63) is 83.2 Å². The van der Waals surface area contributed by atoms with Gasteiger partial charge in [0.15, 0.2) is 5.65 Å². The largest absolute Gasteiger partial charge is 0.497 e. The van der Waals surface area contributed by atoms with E-state index in [2.05, 4.69) is 20.4 Å². The van der Waals surface area contributed by atoms with Gasteiger partial charge in [0.25, 0.3) is 5.56 Å². The zero-order valence-corrected chi connectivity index (χ0v) is 17.9. The van der Waals surface area contributed by atoms with Gasteiger partial charge in [0.05, 0.1) is 35.8 Å². The molecule has 2 aromatic carbocycles. The summed E-state index contributed by atoms with van der Waals surface area (Å²) in [7, 11) is 3.48. The number of fused-ring (bicyclic) bond motifs is 1. The summed E-state index contributed by atoms with van der Waals surface area (Å²) >= 11 is 0. The van der Waals surface area contributed by atoms with E-state index in [9.17, 15) is 4.79 Å². The topological polar surface area (TPSA) is 91.8 Å². The predicted octanol–water partition coefficient (Wildman–Crippen LogP) is 3.37. The normalized spacial score (nSPS) is 11.1. The van der Waals surface area contributed by atoms with Crippen LogP contribution < -0.4 is 15.6 Å². The van der Waals surface area contributed by atoms with E-state index in [4.69, 9.17) is 4.74 Å². The van der Waals surface area contributed by atoms with Crippen LogP contribution >= 0.6 is 0 Å². The summed E-state index contributed by atoms with van der Waals surface area (Å²) < 4.78 is 10.4. The first-order valence-electron chi connectivity index (χ1n) is 10.0. The highest BCUT2D eigenvalue weighted by Gasteiger charge is 2.19. The van der Waals surface area contributed by atoms with Gasteiger partial charge >= 0.3 is 0 Å². The van der Waals surface area contributed by atoms with Crippen LogP contribution in [0.25, 0.3) is 22.4 Å². The molecule has 32 heavy (non-hydrogen) atoms. The number of methoxy groups -OCH3 is 1. The van der Waals surface area contributed by atoms with Gasteiger partial charge in [0.1, 0.15) is 23.6 Å². The van der Waals surface area contributed by atoms with E-state index < -0.39 is 0 Å². The third-order valence-electron chi connectivity index (χ3n) is 5.48. The molecule has 0 aliphatic carbocycles. The standard InChI is InChI=1S/C23H21N7O2/c1-15-20(23(31)30(28(15)2)17-7-5-4-6-8-17)27-21-19-13-26-29(22(19)25-14-24-21)16-9-11-18(32-3)12-10-16/h4-14H,1-3H3,(H,24,25,27). The number of aromatic nitrogens is 6. The number of nitrogens with zero attached hydrogens (tertiary/aromatic N) is 6. The van der Waals surface area contributed by atoms with Crippen LogP contribution in [0, 0.1) is 6.92 Å². The summed E-state index contributed by atoms with van der Waals surface area (Å²) in [5.74, 6) is 1.28. The Hall–Kier alpha value is -4.40.